The highest BCUT2D eigenvalue weighted by atomic mass is 32.3. The molecule has 0 spiro atoms. The van der Waals surface area contributed by atoms with Crippen LogP contribution in [0.1, 0.15) is 78.6 Å². The van der Waals surface area contributed by atoms with Gasteiger partial charge in [0, 0.05) is 0 Å². The summed E-state index contributed by atoms with van der Waals surface area (Å²) < 4.78 is 33.2. The SMILES string of the molecule is CCCCC(CCCC)(CCCC)OS(=O)(=O)OC. The lowest BCUT2D eigenvalue weighted by atomic mass is 9.86. The normalized spacial score (nSPS) is 12.8. The van der Waals surface area contributed by atoms with Crippen molar-refractivity contribution in [3.63, 3.8) is 0 Å². The van der Waals surface area contributed by atoms with E-state index >= 15 is 0 Å². The van der Waals surface area contributed by atoms with Gasteiger partial charge in [-0.15, -0.1) is 0 Å². The van der Waals surface area contributed by atoms with E-state index in [1.165, 1.54) is 0 Å². The van der Waals surface area contributed by atoms with E-state index in [0.717, 1.165) is 64.9 Å². The van der Waals surface area contributed by atoms with Crippen LogP contribution in [-0.2, 0) is 18.8 Å². The van der Waals surface area contributed by atoms with Crippen LogP contribution in [-0.4, -0.2) is 21.1 Å². The highest BCUT2D eigenvalue weighted by molar-refractivity contribution is 7.81. The zero-order valence-corrected chi connectivity index (χ0v) is 13.7. The summed E-state index contributed by atoms with van der Waals surface area (Å²) in [4.78, 5) is 0. The maximum atomic E-state index is 11.7. The highest BCUT2D eigenvalue weighted by Gasteiger charge is 2.35. The van der Waals surface area contributed by atoms with E-state index in [2.05, 4.69) is 25.0 Å². The second kappa shape index (κ2) is 9.72. The first-order chi connectivity index (χ1) is 8.95. The van der Waals surface area contributed by atoms with Crippen LogP contribution < -0.4 is 0 Å². The lowest BCUT2D eigenvalue weighted by molar-refractivity contribution is 0.0266. The van der Waals surface area contributed by atoms with Crippen LogP contribution in [0.15, 0.2) is 0 Å². The van der Waals surface area contributed by atoms with Gasteiger partial charge in [-0.1, -0.05) is 59.3 Å². The third kappa shape index (κ3) is 7.90. The number of hydrogen-bond donors (Lipinski definition) is 0. The van der Waals surface area contributed by atoms with E-state index in [-0.39, 0.29) is 0 Å². The van der Waals surface area contributed by atoms with Crippen molar-refractivity contribution in [2.24, 2.45) is 0 Å². The fourth-order valence-corrected chi connectivity index (χ4v) is 3.00. The Balaban J connectivity index is 4.96. The molecule has 0 amide bonds. The Bertz CT molecular complexity index is 290. The Morgan fingerprint density at radius 2 is 1.21 bits per heavy atom. The van der Waals surface area contributed by atoms with Crippen LogP contribution in [0.5, 0.6) is 0 Å². The minimum Gasteiger partial charge on any atom is -0.252 e. The van der Waals surface area contributed by atoms with Crippen LogP contribution >= 0.6 is 0 Å². The van der Waals surface area contributed by atoms with E-state index in [0.29, 0.717) is 0 Å². The third-order valence-electron chi connectivity index (χ3n) is 3.44. The van der Waals surface area contributed by atoms with Crippen LogP contribution in [0.2, 0.25) is 0 Å². The molecule has 4 nitrogen and oxygen atoms in total. The molecular weight excluding hydrogens is 264 g/mol. The molecular formula is C14H30O4S. The fraction of sp³-hybridized carbons (Fsp3) is 1.00. The van der Waals surface area contributed by atoms with Gasteiger partial charge in [-0.05, 0) is 19.3 Å². The van der Waals surface area contributed by atoms with Crippen molar-refractivity contribution in [2.45, 2.75) is 84.2 Å². The fourth-order valence-electron chi connectivity index (χ4n) is 2.25. The molecule has 0 aliphatic carbocycles. The van der Waals surface area contributed by atoms with Crippen LogP contribution in [0.3, 0.4) is 0 Å². The zero-order chi connectivity index (χ0) is 14.8. The monoisotopic (exact) mass is 294 g/mol. The van der Waals surface area contributed by atoms with Crippen molar-refractivity contribution in [1.29, 1.82) is 0 Å². The molecule has 0 saturated carbocycles. The van der Waals surface area contributed by atoms with Crippen molar-refractivity contribution >= 4 is 10.4 Å². The number of rotatable bonds is 12. The average molecular weight is 294 g/mol. The van der Waals surface area contributed by atoms with Gasteiger partial charge in [0.1, 0.15) is 0 Å². The Morgan fingerprint density at radius 1 is 0.842 bits per heavy atom. The van der Waals surface area contributed by atoms with E-state index in [1.807, 2.05) is 0 Å². The summed E-state index contributed by atoms with van der Waals surface area (Å²) in [6.45, 7) is 6.32. The van der Waals surface area contributed by atoms with Crippen molar-refractivity contribution in [3.8, 4) is 0 Å². The predicted molar refractivity (Wildman–Crippen MR) is 78.3 cm³/mol. The molecule has 0 aromatic heterocycles. The molecule has 0 heterocycles. The van der Waals surface area contributed by atoms with Crippen LogP contribution in [0.25, 0.3) is 0 Å². The third-order valence-corrected chi connectivity index (χ3v) is 4.41. The first kappa shape index (κ1) is 18.9. The second-order valence-corrected chi connectivity index (χ2v) is 6.47. The first-order valence-corrected chi connectivity index (χ1v) is 8.79. The number of unbranched alkanes of at least 4 members (excludes halogenated alkanes) is 3. The standard InChI is InChI=1S/C14H30O4S/c1-5-8-11-14(12-9-6-2,13-10-7-3)18-19(15,16)17-4/h5-13H2,1-4H3. The molecule has 0 radical (unpaired) electrons. The van der Waals surface area contributed by atoms with Gasteiger partial charge in [0.25, 0.3) is 0 Å². The van der Waals surface area contributed by atoms with Gasteiger partial charge < -0.3 is 0 Å². The molecule has 0 N–H and O–H groups in total. The Hall–Kier alpha value is -0.130. The molecule has 0 rings (SSSR count). The predicted octanol–water partition coefficient (Wildman–Crippen LogP) is 4.20. The van der Waals surface area contributed by atoms with Gasteiger partial charge in [0.05, 0.1) is 12.7 Å². The van der Waals surface area contributed by atoms with Crippen molar-refractivity contribution in [3.05, 3.63) is 0 Å². The summed E-state index contributed by atoms with van der Waals surface area (Å²) in [6.07, 6.45) is 8.40. The molecule has 0 aliphatic heterocycles. The van der Waals surface area contributed by atoms with Gasteiger partial charge in [0.15, 0.2) is 0 Å². The summed E-state index contributed by atoms with van der Waals surface area (Å²) in [6, 6.07) is 0. The maximum absolute atomic E-state index is 11.7. The van der Waals surface area contributed by atoms with Crippen LogP contribution in [0, 0.1) is 0 Å². The van der Waals surface area contributed by atoms with Gasteiger partial charge >= 0.3 is 10.4 Å². The first-order valence-electron chi connectivity index (χ1n) is 7.46. The van der Waals surface area contributed by atoms with E-state index in [1.54, 1.807) is 0 Å². The Labute approximate surface area is 119 Å². The average Bonchev–Trinajstić information content (AvgIpc) is 2.40. The van der Waals surface area contributed by atoms with Gasteiger partial charge in [-0.25, -0.2) is 4.18 Å². The minimum atomic E-state index is -3.87. The van der Waals surface area contributed by atoms with Crippen molar-refractivity contribution in [2.75, 3.05) is 7.11 Å². The van der Waals surface area contributed by atoms with Gasteiger partial charge in [-0.2, -0.15) is 8.42 Å². The lowest BCUT2D eigenvalue weighted by Crippen LogP contribution is -2.35. The number of hydrogen-bond acceptors (Lipinski definition) is 4. The molecule has 0 aliphatic rings. The molecule has 0 unspecified atom stereocenters. The molecule has 0 bridgehead atoms. The minimum absolute atomic E-state index is 0.573. The quantitative estimate of drug-likeness (QED) is 0.541. The molecule has 116 valence electrons. The van der Waals surface area contributed by atoms with E-state index < -0.39 is 16.0 Å². The van der Waals surface area contributed by atoms with Crippen LogP contribution in [0.4, 0.5) is 0 Å². The summed E-state index contributed by atoms with van der Waals surface area (Å²) >= 11 is 0. The summed E-state index contributed by atoms with van der Waals surface area (Å²) in [5.74, 6) is 0. The van der Waals surface area contributed by atoms with E-state index in [4.69, 9.17) is 4.18 Å². The van der Waals surface area contributed by atoms with Gasteiger partial charge in [0.2, 0.25) is 0 Å². The van der Waals surface area contributed by atoms with Gasteiger partial charge in [-0.3, -0.25) is 4.18 Å². The largest absolute Gasteiger partial charge is 0.400 e. The second-order valence-electron chi connectivity index (χ2n) is 5.15. The summed E-state index contributed by atoms with van der Waals surface area (Å²) in [7, 11) is -2.72. The highest BCUT2D eigenvalue weighted by Crippen LogP contribution is 2.33. The molecule has 5 heteroatoms. The smallest absolute Gasteiger partial charge is 0.252 e. The summed E-state index contributed by atoms with van der Waals surface area (Å²) in [5, 5.41) is 0. The summed E-state index contributed by atoms with van der Waals surface area (Å²) in [5.41, 5.74) is -0.573. The molecule has 0 saturated heterocycles. The molecule has 0 fully saturated rings. The molecule has 0 atom stereocenters. The molecule has 0 aromatic carbocycles. The maximum Gasteiger partial charge on any atom is 0.400 e. The lowest BCUT2D eigenvalue weighted by Gasteiger charge is -2.32. The molecule has 19 heavy (non-hydrogen) atoms. The van der Waals surface area contributed by atoms with Crippen molar-refractivity contribution in [1.82, 2.24) is 0 Å². The zero-order valence-electron chi connectivity index (χ0n) is 12.9. The Kier molecular flexibility index (Phi) is 9.66. The topological polar surface area (TPSA) is 52.6 Å². The van der Waals surface area contributed by atoms with Crippen molar-refractivity contribution < 1.29 is 16.8 Å². The van der Waals surface area contributed by atoms with E-state index in [9.17, 15) is 8.42 Å². The Morgan fingerprint density at radius 3 is 1.47 bits per heavy atom. The molecule has 0 aromatic rings.